The molecule has 0 saturated heterocycles. The van der Waals surface area contributed by atoms with Crippen molar-refractivity contribution < 1.29 is 12.8 Å². The first-order valence-corrected chi connectivity index (χ1v) is 6.65. The van der Waals surface area contributed by atoms with Crippen molar-refractivity contribution >= 4 is 10.0 Å². The molecule has 0 unspecified atom stereocenters. The predicted molar refractivity (Wildman–Crippen MR) is 60.9 cm³/mol. The monoisotopic (exact) mass is 246 g/mol. The zero-order valence-electron chi connectivity index (χ0n) is 8.82. The largest absolute Gasteiger partial charge is 0.315 e. The van der Waals surface area contributed by atoms with Crippen molar-refractivity contribution in [2.24, 2.45) is 5.14 Å². The van der Waals surface area contributed by atoms with Gasteiger partial charge in [-0.2, -0.15) is 0 Å². The molecule has 16 heavy (non-hydrogen) atoms. The van der Waals surface area contributed by atoms with Crippen LogP contribution in [0.2, 0.25) is 0 Å². The Bertz CT molecular complexity index is 434. The van der Waals surface area contributed by atoms with E-state index in [2.05, 4.69) is 5.32 Å². The van der Waals surface area contributed by atoms with Crippen molar-refractivity contribution in [1.29, 1.82) is 0 Å². The highest BCUT2D eigenvalue weighted by Gasteiger charge is 2.02. The lowest BCUT2D eigenvalue weighted by Crippen LogP contribution is -2.28. The number of halogens is 1. The average molecular weight is 246 g/mol. The molecule has 0 heterocycles. The minimum atomic E-state index is -3.41. The molecular formula is C10H15FN2O2S. The summed E-state index contributed by atoms with van der Waals surface area (Å²) < 4.78 is 34.3. The van der Waals surface area contributed by atoms with E-state index in [1.165, 1.54) is 6.07 Å². The first-order valence-electron chi connectivity index (χ1n) is 4.93. The van der Waals surface area contributed by atoms with Gasteiger partial charge in [0.05, 0.1) is 5.75 Å². The van der Waals surface area contributed by atoms with Crippen LogP contribution in [0.1, 0.15) is 5.56 Å². The summed E-state index contributed by atoms with van der Waals surface area (Å²) in [6.45, 7) is 0.809. The van der Waals surface area contributed by atoms with Crippen LogP contribution in [0.25, 0.3) is 0 Å². The molecule has 0 amide bonds. The van der Waals surface area contributed by atoms with Gasteiger partial charge in [-0.3, -0.25) is 0 Å². The van der Waals surface area contributed by atoms with E-state index < -0.39 is 10.0 Å². The molecule has 1 aromatic rings. The molecule has 0 aliphatic carbocycles. The van der Waals surface area contributed by atoms with Gasteiger partial charge in [0.2, 0.25) is 10.0 Å². The van der Waals surface area contributed by atoms with Gasteiger partial charge in [0.15, 0.2) is 0 Å². The molecular weight excluding hydrogens is 231 g/mol. The lowest BCUT2D eigenvalue weighted by atomic mass is 10.1. The zero-order chi connectivity index (χ0) is 12.0. The van der Waals surface area contributed by atoms with Crippen molar-refractivity contribution in [3.8, 4) is 0 Å². The first kappa shape index (κ1) is 13.1. The quantitative estimate of drug-likeness (QED) is 0.707. The highest BCUT2D eigenvalue weighted by atomic mass is 32.2. The molecule has 90 valence electrons. The summed E-state index contributed by atoms with van der Waals surface area (Å²) in [6.07, 6.45) is 0.525. The maximum absolute atomic E-state index is 13.1. The lowest BCUT2D eigenvalue weighted by Gasteiger charge is -2.04. The van der Waals surface area contributed by atoms with Crippen LogP contribution in [-0.2, 0) is 16.4 Å². The molecule has 0 radical (unpaired) electrons. The van der Waals surface area contributed by atoms with Crippen molar-refractivity contribution in [1.82, 2.24) is 5.32 Å². The number of sulfonamides is 1. The predicted octanol–water partition coefficient (Wildman–Crippen LogP) is 0.246. The van der Waals surface area contributed by atoms with Gasteiger partial charge < -0.3 is 5.32 Å². The molecule has 0 saturated carbocycles. The number of nitrogens with one attached hydrogen (secondary N) is 1. The summed E-state index contributed by atoms with van der Waals surface area (Å²) in [6, 6.07) is 6.51. The molecule has 0 aliphatic heterocycles. The van der Waals surface area contributed by atoms with E-state index in [-0.39, 0.29) is 18.1 Å². The fourth-order valence-corrected chi connectivity index (χ4v) is 1.69. The van der Waals surface area contributed by atoms with Gasteiger partial charge in [-0.25, -0.2) is 17.9 Å². The van der Waals surface area contributed by atoms with Crippen LogP contribution >= 0.6 is 0 Å². The third kappa shape index (κ3) is 5.20. The third-order valence-corrected chi connectivity index (χ3v) is 2.87. The van der Waals surface area contributed by atoms with Gasteiger partial charge in [0.25, 0.3) is 0 Å². The van der Waals surface area contributed by atoms with Crippen molar-refractivity contribution in [3.05, 3.63) is 35.6 Å². The Hall–Kier alpha value is -0.980. The van der Waals surface area contributed by atoms with E-state index in [1.807, 2.05) is 0 Å². The van der Waals surface area contributed by atoms with Gasteiger partial charge in [0.1, 0.15) is 5.82 Å². The van der Waals surface area contributed by atoms with Crippen LogP contribution in [-0.4, -0.2) is 27.3 Å². The van der Waals surface area contributed by atoms with Crippen molar-refractivity contribution in [3.63, 3.8) is 0 Å². The third-order valence-electron chi connectivity index (χ3n) is 2.09. The van der Waals surface area contributed by atoms with E-state index in [0.29, 0.717) is 18.5 Å². The summed E-state index contributed by atoms with van der Waals surface area (Å²) >= 11 is 0. The molecule has 0 spiro atoms. The Morgan fingerprint density at radius 1 is 1.25 bits per heavy atom. The van der Waals surface area contributed by atoms with Crippen molar-refractivity contribution in [2.75, 3.05) is 18.8 Å². The summed E-state index contributed by atoms with van der Waals surface area (Å²) in [5.41, 5.74) is 0.616. The SMILES string of the molecule is NS(=O)(=O)CCNCCc1ccccc1F. The summed E-state index contributed by atoms with van der Waals surface area (Å²) in [4.78, 5) is 0. The van der Waals surface area contributed by atoms with E-state index in [0.717, 1.165) is 0 Å². The van der Waals surface area contributed by atoms with Gasteiger partial charge in [0, 0.05) is 6.54 Å². The number of rotatable bonds is 6. The Morgan fingerprint density at radius 2 is 1.94 bits per heavy atom. The normalized spacial score (nSPS) is 11.6. The Balaban J connectivity index is 2.24. The summed E-state index contributed by atoms with van der Waals surface area (Å²) in [7, 11) is -3.41. The molecule has 3 N–H and O–H groups in total. The molecule has 0 fully saturated rings. The number of benzene rings is 1. The number of nitrogens with two attached hydrogens (primary N) is 1. The van der Waals surface area contributed by atoms with Gasteiger partial charge >= 0.3 is 0 Å². The van der Waals surface area contributed by atoms with Gasteiger partial charge in [-0.15, -0.1) is 0 Å². The molecule has 1 rings (SSSR count). The number of hydrogen-bond acceptors (Lipinski definition) is 3. The number of primary sulfonamides is 1. The topological polar surface area (TPSA) is 72.2 Å². The standard InChI is InChI=1S/C10H15FN2O2S/c11-10-4-2-1-3-9(10)5-6-13-7-8-16(12,14)15/h1-4,13H,5-8H2,(H2,12,14,15). The van der Waals surface area contributed by atoms with Gasteiger partial charge in [-0.05, 0) is 24.6 Å². The highest BCUT2D eigenvalue weighted by molar-refractivity contribution is 7.89. The Morgan fingerprint density at radius 3 is 2.56 bits per heavy atom. The van der Waals surface area contributed by atoms with Crippen molar-refractivity contribution in [2.45, 2.75) is 6.42 Å². The molecule has 4 nitrogen and oxygen atoms in total. The average Bonchev–Trinajstić information content (AvgIpc) is 2.18. The van der Waals surface area contributed by atoms with E-state index in [1.54, 1.807) is 18.2 Å². The molecule has 0 aromatic heterocycles. The van der Waals surface area contributed by atoms with E-state index >= 15 is 0 Å². The van der Waals surface area contributed by atoms with Crippen LogP contribution in [0.3, 0.4) is 0 Å². The van der Waals surface area contributed by atoms with Crippen LogP contribution < -0.4 is 10.5 Å². The minimum Gasteiger partial charge on any atom is -0.315 e. The maximum Gasteiger partial charge on any atom is 0.210 e. The van der Waals surface area contributed by atoms with Crippen LogP contribution in [0.15, 0.2) is 24.3 Å². The molecule has 6 heteroatoms. The molecule has 0 atom stereocenters. The summed E-state index contributed by atoms with van der Waals surface area (Å²) in [5, 5.41) is 7.72. The van der Waals surface area contributed by atoms with Crippen LogP contribution in [0.5, 0.6) is 0 Å². The van der Waals surface area contributed by atoms with Crippen LogP contribution in [0, 0.1) is 5.82 Å². The van der Waals surface area contributed by atoms with E-state index in [9.17, 15) is 12.8 Å². The van der Waals surface area contributed by atoms with Gasteiger partial charge in [-0.1, -0.05) is 18.2 Å². The lowest BCUT2D eigenvalue weighted by molar-refractivity contribution is 0.587. The van der Waals surface area contributed by atoms with E-state index in [4.69, 9.17) is 5.14 Å². The zero-order valence-corrected chi connectivity index (χ0v) is 9.63. The maximum atomic E-state index is 13.1. The highest BCUT2D eigenvalue weighted by Crippen LogP contribution is 2.05. The smallest absolute Gasteiger partial charge is 0.210 e. The second kappa shape index (κ2) is 5.93. The molecule has 0 aliphatic rings. The Labute approximate surface area is 94.7 Å². The second-order valence-corrected chi connectivity index (χ2v) is 5.19. The molecule has 0 bridgehead atoms. The summed E-state index contributed by atoms with van der Waals surface area (Å²) in [5.74, 6) is -0.347. The fraction of sp³-hybridized carbons (Fsp3) is 0.400. The Kier molecular flexibility index (Phi) is 4.85. The van der Waals surface area contributed by atoms with Crippen LogP contribution in [0.4, 0.5) is 4.39 Å². The number of hydrogen-bond donors (Lipinski definition) is 2. The molecule has 1 aromatic carbocycles. The second-order valence-electron chi connectivity index (χ2n) is 3.46. The minimum absolute atomic E-state index is 0.107. The fourth-order valence-electron chi connectivity index (χ4n) is 1.26. The first-order chi connectivity index (χ1) is 7.49.